The van der Waals surface area contributed by atoms with E-state index in [-0.39, 0.29) is 6.61 Å². The molecule has 4 heteroatoms. The van der Waals surface area contributed by atoms with Gasteiger partial charge in [-0.15, -0.1) is 0 Å². The maximum Gasteiger partial charge on any atom is 0.134 e. The summed E-state index contributed by atoms with van der Waals surface area (Å²) in [5.74, 6) is 1.34. The molecule has 0 aromatic carbocycles. The second kappa shape index (κ2) is 10.8. The number of aryl methyl sites for hydroxylation is 1. The summed E-state index contributed by atoms with van der Waals surface area (Å²) >= 11 is 0. The fourth-order valence-electron chi connectivity index (χ4n) is 2.43. The third-order valence-electron chi connectivity index (χ3n) is 3.87. The average molecular weight is 297 g/mol. The lowest BCUT2D eigenvalue weighted by Gasteiger charge is -2.13. The standard InChI is InChI=1S/C17H31NO3/c1-2-3-4-5-6-7-8-9-10-14-11-12-16(21-14)17(20)15(18)13-19/h11-12,15,17,19-20H,2-10,13,18H2,1H3. The van der Waals surface area contributed by atoms with Crippen LogP contribution in [0.1, 0.15) is 75.9 Å². The minimum Gasteiger partial charge on any atom is -0.463 e. The maximum absolute atomic E-state index is 9.84. The van der Waals surface area contributed by atoms with Gasteiger partial charge in [0.1, 0.15) is 17.6 Å². The molecule has 0 fully saturated rings. The zero-order chi connectivity index (χ0) is 15.5. The summed E-state index contributed by atoms with van der Waals surface area (Å²) in [5, 5.41) is 18.8. The van der Waals surface area contributed by atoms with E-state index in [0.717, 1.165) is 18.6 Å². The molecule has 1 heterocycles. The topological polar surface area (TPSA) is 79.6 Å². The van der Waals surface area contributed by atoms with Crippen molar-refractivity contribution in [2.75, 3.05) is 6.61 Å². The molecule has 4 N–H and O–H groups in total. The second-order valence-corrected chi connectivity index (χ2v) is 5.82. The third kappa shape index (κ3) is 7.11. The number of nitrogens with two attached hydrogens (primary N) is 1. The summed E-state index contributed by atoms with van der Waals surface area (Å²) in [6.45, 7) is 1.98. The van der Waals surface area contributed by atoms with Crippen LogP contribution >= 0.6 is 0 Å². The number of furan rings is 1. The Morgan fingerprint density at radius 3 is 2.29 bits per heavy atom. The summed E-state index contributed by atoms with van der Waals surface area (Å²) in [5.41, 5.74) is 5.59. The van der Waals surface area contributed by atoms with Crippen LogP contribution in [0.25, 0.3) is 0 Å². The fraction of sp³-hybridized carbons (Fsp3) is 0.765. The van der Waals surface area contributed by atoms with Crippen molar-refractivity contribution in [2.45, 2.75) is 76.9 Å². The van der Waals surface area contributed by atoms with E-state index >= 15 is 0 Å². The van der Waals surface area contributed by atoms with Crippen LogP contribution in [0.2, 0.25) is 0 Å². The van der Waals surface area contributed by atoms with Crippen LogP contribution in [0.5, 0.6) is 0 Å². The molecule has 0 radical (unpaired) electrons. The largest absolute Gasteiger partial charge is 0.463 e. The summed E-state index contributed by atoms with van der Waals surface area (Å²) in [7, 11) is 0. The molecule has 1 aromatic rings. The first kappa shape index (κ1) is 18.2. The van der Waals surface area contributed by atoms with Crippen LogP contribution < -0.4 is 5.73 Å². The van der Waals surface area contributed by atoms with Crippen molar-refractivity contribution >= 4 is 0 Å². The van der Waals surface area contributed by atoms with Crippen molar-refractivity contribution in [1.29, 1.82) is 0 Å². The molecular formula is C17H31NO3. The molecule has 0 aliphatic rings. The highest BCUT2D eigenvalue weighted by molar-refractivity contribution is 5.11. The van der Waals surface area contributed by atoms with Crippen molar-refractivity contribution in [3.05, 3.63) is 23.7 Å². The van der Waals surface area contributed by atoms with Crippen molar-refractivity contribution < 1.29 is 14.6 Å². The van der Waals surface area contributed by atoms with Crippen molar-refractivity contribution in [3.8, 4) is 0 Å². The van der Waals surface area contributed by atoms with E-state index in [1.54, 1.807) is 6.07 Å². The molecule has 2 unspecified atom stereocenters. The lowest BCUT2D eigenvalue weighted by atomic mass is 10.1. The fourth-order valence-corrected chi connectivity index (χ4v) is 2.43. The van der Waals surface area contributed by atoms with E-state index in [2.05, 4.69) is 6.92 Å². The molecule has 2 atom stereocenters. The van der Waals surface area contributed by atoms with Gasteiger partial charge in [-0.05, 0) is 18.6 Å². The average Bonchev–Trinajstić information content (AvgIpc) is 2.97. The van der Waals surface area contributed by atoms with Gasteiger partial charge in [-0.25, -0.2) is 0 Å². The van der Waals surface area contributed by atoms with Gasteiger partial charge in [0.2, 0.25) is 0 Å². The Morgan fingerprint density at radius 2 is 1.67 bits per heavy atom. The Kier molecular flexibility index (Phi) is 9.39. The van der Waals surface area contributed by atoms with Crippen LogP contribution in [0, 0.1) is 0 Å². The second-order valence-electron chi connectivity index (χ2n) is 5.82. The molecule has 0 amide bonds. The number of rotatable bonds is 12. The van der Waals surface area contributed by atoms with Gasteiger partial charge >= 0.3 is 0 Å². The van der Waals surface area contributed by atoms with Gasteiger partial charge in [0, 0.05) is 6.42 Å². The molecule has 0 saturated carbocycles. The number of unbranched alkanes of at least 4 members (excludes halogenated alkanes) is 7. The Balaban J connectivity index is 2.14. The molecule has 1 rings (SSSR count). The predicted molar refractivity (Wildman–Crippen MR) is 85.0 cm³/mol. The molecule has 1 aromatic heterocycles. The highest BCUT2D eigenvalue weighted by Gasteiger charge is 2.19. The van der Waals surface area contributed by atoms with E-state index in [9.17, 15) is 5.11 Å². The maximum atomic E-state index is 9.84. The van der Waals surface area contributed by atoms with E-state index in [4.69, 9.17) is 15.3 Å². The van der Waals surface area contributed by atoms with Crippen LogP contribution in [0.3, 0.4) is 0 Å². The van der Waals surface area contributed by atoms with Gasteiger partial charge in [0.05, 0.1) is 12.6 Å². The summed E-state index contributed by atoms with van der Waals surface area (Å²) in [4.78, 5) is 0. The Morgan fingerprint density at radius 1 is 1.05 bits per heavy atom. The van der Waals surface area contributed by atoms with Gasteiger partial charge in [0.15, 0.2) is 0 Å². The normalized spacial score (nSPS) is 14.3. The lowest BCUT2D eigenvalue weighted by Crippen LogP contribution is -2.31. The minimum absolute atomic E-state index is 0.255. The van der Waals surface area contributed by atoms with Crippen LogP contribution in [-0.4, -0.2) is 22.9 Å². The van der Waals surface area contributed by atoms with Crippen LogP contribution in [0.15, 0.2) is 16.5 Å². The van der Waals surface area contributed by atoms with Gasteiger partial charge in [-0.1, -0.05) is 51.9 Å². The van der Waals surface area contributed by atoms with E-state index in [0.29, 0.717) is 5.76 Å². The molecule has 122 valence electrons. The van der Waals surface area contributed by atoms with Gasteiger partial charge in [-0.3, -0.25) is 0 Å². The molecule has 0 aliphatic carbocycles. The van der Waals surface area contributed by atoms with Crippen LogP contribution in [-0.2, 0) is 6.42 Å². The highest BCUT2D eigenvalue weighted by atomic mass is 16.4. The summed E-state index contributed by atoms with van der Waals surface area (Å²) in [6, 6.07) is 2.96. The lowest BCUT2D eigenvalue weighted by molar-refractivity contribution is 0.0892. The van der Waals surface area contributed by atoms with Crippen LogP contribution in [0.4, 0.5) is 0 Å². The van der Waals surface area contributed by atoms with Gasteiger partial charge < -0.3 is 20.4 Å². The SMILES string of the molecule is CCCCCCCCCCc1ccc(C(O)C(N)CO)o1. The minimum atomic E-state index is -0.928. The summed E-state index contributed by atoms with van der Waals surface area (Å²) in [6.07, 6.45) is 10.3. The van der Waals surface area contributed by atoms with Gasteiger partial charge in [0.25, 0.3) is 0 Å². The van der Waals surface area contributed by atoms with E-state index in [1.807, 2.05) is 6.07 Å². The molecule has 0 spiro atoms. The number of hydrogen-bond donors (Lipinski definition) is 3. The predicted octanol–water partition coefficient (Wildman–Crippen LogP) is 3.32. The first-order valence-electron chi connectivity index (χ1n) is 8.32. The monoisotopic (exact) mass is 297 g/mol. The zero-order valence-electron chi connectivity index (χ0n) is 13.3. The molecule has 0 saturated heterocycles. The smallest absolute Gasteiger partial charge is 0.134 e. The molecule has 21 heavy (non-hydrogen) atoms. The van der Waals surface area contributed by atoms with Gasteiger partial charge in [-0.2, -0.15) is 0 Å². The Labute approximate surface area is 128 Å². The van der Waals surface area contributed by atoms with E-state index < -0.39 is 12.1 Å². The number of aliphatic hydroxyl groups is 2. The van der Waals surface area contributed by atoms with Crippen molar-refractivity contribution in [2.24, 2.45) is 5.73 Å². The summed E-state index contributed by atoms with van der Waals surface area (Å²) < 4.78 is 5.59. The Hall–Kier alpha value is -0.840. The zero-order valence-corrected chi connectivity index (χ0v) is 13.3. The molecule has 4 nitrogen and oxygen atoms in total. The Bertz CT molecular complexity index is 365. The van der Waals surface area contributed by atoms with Crippen molar-refractivity contribution in [3.63, 3.8) is 0 Å². The molecular weight excluding hydrogens is 266 g/mol. The van der Waals surface area contributed by atoms with E-state index in [1.165, 1.54) is 44.9 Å². The van der Waals surface area contributed by atoms with Crippen molar-refractivity contribution in [1.82, 2.24) is 0 Å². The number of hydrogen-bond acceptors (Lipinski definition) is 4. The molecule has 0 bridgehead atoms. The first-order valence-corrected chi connectivity index (χ1v) is 8.32. The first-order chi connectivity index (χ1) is 10.2. The highest BCUT2D eigenvalue weighted by Crippen LogP contribution is 2.20. The third-order valence-corrected chi connectivity index (χ3v) is 3.87. The quantitative estimate of drug-likeness (QED) is 0.517. The molecule has 0 aliphatic heterocycles. The number of aliphatic hydroxyl groups excluding tert-OH is 2.